The fourth-order valence-corrected chi connectivity index (χ4v) is 1.27. The fourth-order valence-electron chi connectivity index (χ4n) is 0.701. The Balaban J connectivity index is 2.19. The van der Waals surface area contributed by atoms with E-state index in [-0.39, 0.29) is 5.91 Å². The highest BCUT2D eigenvalue weighted by Gasteiger charge is 1.97. The third kappa shape index (κ3) is 3.13. The Morgan fingerprint density at radius 3 is 3.18 bits per heavy atom. The van der Waals surface area contributed by atoms with Crippen LogP contribution in [-0.2, 0) is 11.2 Å². The maximum atomic E-state index is 10.3. The minimum atomic E-state index is -0.291. The lowest BCUT2D eigenvalue weighted by molar-refractivity contribution is -0.117. The predicted molar refractivity (Wildman–Crippen MR) is 43.9 cm³/mol. The summed E-state index contributed by atoms with van der Waals surface area (Å²) in [6.45, 7) is 0. The summed E-state index contributed by atoms with van der Waals surface area (Å²) in [7, 11) is 0. The normalized spacial score (nSPS) is 9.82. The zero-order valence-corrected chi connectivity index (χ0v) is 6.80. The second-order valence-electron chi connectivity index (χ2n) is 2.14. The number of amides is 1. The third-order valence-electron chi connectivity index (χ3n) is 1.18. The number of aromatic nitrogens is 1. The molecule has 1 heterocycles. The lowest BCUT2D eigenvalue weighted by atomic mass is 10.2. The molecule has 0 atom stereocenters. The van der Waals surface area contributed by atoms with Gasteiger partial charge in [-0.2, -0.15) is 0 Å². The summed E-state index contributed by atoms with van der Waals surface area (Å²) >= 11 is 1.55. The Bertz CT molecular complexity index is 220. The zero-order valence-electron chi connectivity index (χ0n) is 5.99. The summed E-state index contributed by atoms with van der Waals surface area (Å²) in [4.78, 5) is 14.3. The Morgan fingerprint density at radius 1 is 1.82 bits per heavy atom. The van der Waals surface area contributed by atoms with Crippen molar-refractivity contribution in [1.82, 2.24) is 4.98 Å². The van der Waals surface area contributed by atoms with Crippen LogP contribution in [0.2, 0.25) is 0 Å². The molecule has 0 aliphatic carbocycles. The Kier molecular flexibility index (Phi) is 3.04. The van der Waals surface area contributed by atoms with Gasteiger partial charge in [0.05, 0.1) is 11.2 Å². The minimum absolute atomic E-state index is 0.291. The fraction of sp³-hybridized carbons (Fsp3) is 0.286. The molecule has 1 radical (unpaired) electrons. The molecule has 4 heteroatoms. The lowest BCUT2D eigenvalue weighted by Gasteiger charge is -1.92. The first-order valence-electron chi connectivity index (χ1n) is 3.26. The Labute approximate surface area is 69.3 Å². The third-order valence-corrected chi connectivity index (χ3v) is 1.82. The van der Waals surface area contributed by atoms with E-state index in [1.54, 1.807) is 16.8 Å². The number of carbonyl (C=O) groups is 1. The number of rotatable bonds is 4. The van der Waals surface area contributed by atoms with Gasteiger partial charge in [0.15, 0.2) is 0 Å². The average Bonchev–Trinajstić information content (AvgIpc) is 2.39. The van der Waals surface area contributed by atoms with Crippen molar-refractivity contribution in [3.8, 4) is 0 Å². The minimum Gasteiger partial charge on any atom is -0.370 e. The van der Waals surface area contributed by atoms with Gasteiger partial charge in [0.1, 0.15) is 0 Å². The van der Waals surface area contributed by atoms with Crippen molar-refractivity contribution in [2.45, 2.75) is 12.8 Å². The molecule has 0 fully saturated rings. The number of hydrogen-bond donors (Lipinski definition) is 1. The van der Waals surface area contributed by atoms with Crippen LogP contribution >= 0.6 is 11.3 Å². The van der Waals surface area contributed by atoms with Crippen molar-refractivity contribution in [3.05, 3.63) is 23.0 Å². The van der Waals surface area contributed by atoms with Crippen molar-refractivity contribution in [2.24, 2.45) is 5.73 Å². The van der Waals surface area contributed by atoms with Crippen LogP contribution in [0.5, 0.6) is 0 Å². The number of nitrogens with two attached hydrogens (primary N) is 1. The highest BCUT2D eigenvalue weighted by molar-refractivity contribution is 7.07. The molecular formula is C7H9N2OS. The molecule has 59 valence electrons. The number of thiazole rings is 1. The van der Waals surface area contributed by atoms with E-state index in [4.69, 9.17) is 5.73 Å². The van der Waals surface area contributed by atoms with Crippen LogP contribution in [0, 0.1) is 6.42 Å². The van der Waals surface area contributed by atoms with Crippen LogP contribution in [-0.4, -0.2) is 10.9 Å². The maximum absolute atomic E-state index is 10.3. The molecule has 0 aromatic carbocycles. The Morgan fingerprint density at radius 2 is 2.64 bits per heavy atom. The van der Waals surface area contributed by atoms with Crippen molar-refractivity contribution in [2.75, 3.05) is 0 Å². The summed E-state index contributed by atoms with van der Waals surface area (Å²) in [5, 5.41) is 1.96. The van der Waals surface area contributed by atoms with E-state index in [1.165, 1.54) is 0 Å². The highest BCUT2D eigenvalue weighted by Crippen LogP contribution is 2.04. The summed E-state index contributed by atoms with van der Waals surface area (Å²) in [6, 6.07) is 0. The van der Waals surface area contributed by atoms with Crippen LogP contribution < -0.4 is 5.73 Å². The second-order valence-corrected chi connectivity index (χ2v) is 2.86. The summed E-state index contributed by atoms with van der Waals surface area (Å²) in [5.74, 6) is -0.291. The van der Waals surface area contributed by atoms with Crippen LogP contribution in [0.3, 0.4) is 0 Å². The van der Waals surface area contributed by atoms with Gasteiger partial charge in [-0.05, 0) is 12.8 Å². The first kappa shape index (κ1) is 8.20. The molecule has 0 aliphatic heterocycles. The molecule has 0 saturated heterocycles. The van der Waals surface area contributed by atoms with Gasteiger partial charge in [-0.15, -0.1) is 11.3 Å². The largest absolute Gasteiger partial charge is 0.370 e. The van der Waals surface area contributed by atoms with Crippen LogP contribution in [0.25, 0.3) is 0 Å². The van der Waals surface area contributed by atoms with E-state index in [9.17, 15) is 4.79 Å². The van der Waals surface area contributed by atoms with Gasteiger partial charge in [-0.25, -0.2) is 4.98 Å². The van der Waals surface area contributed by atoms with Crippen molar-refractivity contribution in [3.63, 3.8) is 0 Å². The molecule has 0 saturated carbocycles. The summed E-state index contributed by atoms with van der Waals surface area (Å²) < 4.78 is 0. The van der Waals surface area contributed by atoms with Crippen molar-refractivity contribution < 1.29 is 4.79 Å². The quantitative estimate of drug-likeness (QED) is 0.723. The zero-order chi connectivity index (χ0) is 8.10. The molecule has 0 spiro atoms. The number of primary amides is 1. The average molecular weight is 169 g/mol. The van der Waals surface area contributed by atoms with Crippen molar-refractivity contribution in [1.29, 1.82) is 0 Å². The van der Waals surface area contributed by atoms with E-state index in [0.717, 1.165) is 12.1 Å². The first-order chi connectivity index (χ1) is 5.29. The van der Waals surface area contributed by atoms with Gasteiger partial charge in [0.25, 0.3) is 0 Å². The van der Waals surface area contributed by atoms with E-state index in [0.29, 0.717) is 6.42 Å². The van der Waals surface area contributed by atoms with Crippen molar-refractivity contribution >= 4 is 17.2 Å². The van der Waals surface area contributed by atoms with Crippen LogP contribution in [0.15, 0.2) is 10.9 Å². The van der Waals surface area contributed by atoms with Gasteiger partial charge in [0, 0.05) is 11.8 Å². The molecule has 1 aromatic rings. The SMILES string of the molecule is NC(=O)C[CH]Cc1cscn1. The van der Waals surface area contributed by atoms with E-state index in [1.807, 2.05) is 11.8 Å². The molecule has 0 bridgehead atoms. The monoisotopic (exact) mass is 169 g/mol. The Hall–Kier alpha value is -0.900. The molecule has 2 N–H and O–H groups in total. The molecule has 1 amide bonds. The molecule has 1 rings (SSSR count). The smallest absolute Gasteiger partial charge is 0.217 e. The van der Waals surface area contributed by atoms with E-state index >= 15 is 0 Å². The first-order valence-corrected chi connectivity index (χ1v) is 4.20. The predicted octanol–water partition coefficient (Wildman–Crippen LogP) is 0.765. The standard InChI is InChI=1S/C7H9N2OS/c8-7(10)3-1-2-6-4-11-5-9-6/h1,4-5H,2-3H2,(H2,8,10). The highest BCUT2D eigenvalue weighted by atomic mass is 32.1. The van der Waals surface area contributed by atoms with E-state index < -0.39 is 0 Å². The maximum Gasteiger partial charge on any atom is 0.217 e. The van der Waals surface area contributed by atoms with Crippen LogP contribution in [0.4, 0.5) is 0 Å². The van der Waals surface area contributed by atoms with Gasteiger partial charge >= 0.3 is 0 Å². The molecule has 0 aliphatic rings. The molecular weight excluding hydrogens is 160 g/mol. The second kappa shape index (κ2) is 4.08. The topological polar surface area (TPSA) is 56.0 Å². The van der Waals surface area contributed by atoms with Gasteiger partial charge in [-0.3, -0.25) is 4.79 Å². The number of carbonyl (C=O) groups excluding carboxylic acids is 1. The summed E-state index contributed by atoms with van der Waals surface area (Å²) in [6.07, 6.45) is 2.89. The van der Waals surface area contributed by atoms with Crippen LogP contribution in [0.1, 0.15) is 12.1 Å². The van der Waals surface area contributed by atoms with Gasteiger partial charge < -0.3 is 5.73 Å². The number of hydrogen-bond acceptors (Lipinski definition) is 3. The van der Waals surface area contributed by atoms with Gasteiger partial charge in [0.2, 0.25) is 5.91 Å². The molecule has 3 nitrogen and oxygen atoms in total. The molecule has 0 unspecified atom stereocenters. The van der Waals surface area contributed by atoms with Gasteiger partial charge in [-0.1, -0.05) is 0 Å². The number of nitrogens with zero attached hydrogens (tertiary/aromatic N) is 1. The molecule has 1 aromatic heterocycles. The molecule has 11 heavy (non-hydrogen) atoms. The summed E-state index contributed by atoms with van der Waals surface area (Å²) in [5.41, 5.74) is 7.71. The lowest BCUT2D eigenvalue weighted by Crippen LogP contribution is -2.10. The van der Waals surface area contributed by atoms with E-state index in [2.05, 4.69) is 4.98 Å².